The zero-order valence-corrected chi connectivity index (χ0v) is 16.2. The lowest BCUT2D eigenvalue weighted by atomic mass is 9.86. The van der Waals surface area contributed by atoms with Crippen molar-refractivity contribution in [1.82, 2.24) is 5.32 Å². The average molecular weight is 426 g/mol. The first-order valence-corrected chi connectivity index (χ1v) is 9.32. The Bertz CT molecular complexity index is 1110. The molecule has 0 saturated carbocycles. The molecule has 2 aliphatic rings. The van der Waals surface area contributed by atoms with E-state index in [1.165, 1.54) is 43.5 Å². The third-order valence-corrected chi connectivity index (χ3v) is 5.68. The molecule has 10 heteroatoms. The number of nitrogens with one attached hydrogen (secondary N) is 1. The molecule has 0 spiro atoms. The molecule has 31 heavy (non-hydrogen) atoms. The van der Waals surface area contributed by atoms with Crippen molar-refractivity contribution in [2.45, 2.75) is 12.1 Å². The Morgan fingerprint density at radius 3 is 2.35 bits per heavy atom. The predicted molar refractivity (Wildman–Crippen MR) is 105 cm³/mol. The summed E-state index contributed by atoms with van der Waals surface area (Å²) in [7, 11) is 1.35. The lowest BCUT2D eigenvalue weighted by Crippen LogP contribution is -2.43. The highest BCUT2D eigenvalue weighted by atomic mass is 16.5. The van der Waals surface area contributed by atoms with E-state index < -0.39 is 47.7 Å². The lowest BCUT2D eigenvalue weighted by Gasteiger charge is -2.22. The van der Waals surface area contributed by atoms with Crippen LogP contribution in [-0.4, -0.2) is 52.2 Å². The van der Waals surface area contributed by atoms with E-state index in [9.17, 15) is 34.5 Å². The van der Waals surface area contributed by atoms with Gasteiger partial charge in [0.2, 0.25) is 11.8 Å². The maximum Gasteiger partial charge on any atom is 0.335 e. The summed E-state index contributed by atoms with van der Waals surface area (Å²) >= 11 is 0. The molecule has 2 aromatic rings. The minimum atomic E-state index is -1.37. The summed E-state index contributed by atoms with van der Waals surface area (Å²) in [4.78, 5) is 50.4. The van der Waals surface area contributed by atoms with Gasteiger partial charge < -0.3 is 20.1 Å². The Morgan fingerprint density at radius 2 is 1.71 bits per heavy atom. The number of rotatable bonds is 5. The Morgan fingerprint density at radius 1 is 1.03 bits per heavy atom. The molecule has 0 bridgehead atoms. The van der Waals surface area contributed by atoms with Crippen molar-refractivity contribution in [2.75, 3.05) is 12.0 Å². The monoisotopic (exact) mass is 426 g/mol. The predicted octanol–water partition coefficient (Wildman–Crippen LogP) is 1.00. The minimum absolute atomic E-state index is 0.0436. The fraction of sp³-hybridized carbons (Fsp3) is 0.238. The van der Waals surface area contributed by atoms with Gasteiger partial charge in [-0.15, -0.1) is 0 Å². The number of benzene rings is 2. The van der Waals surface area contributed by atoms with Gasteiger partial charge in [-0.3, -0.25) is 19.7 Å². The molecule has 2 aromatic carbocycles. The second kappa shape index (κ2) is 7.40. The molecule has 0 aliphatic carbocycles. The average Bonchev–Trinajstić information content (AvgIpc) is 3.25. The second-order valence-electron chi connectivity index (χ2n) is 7.28. The highest BCUT2D eigenvalue weighted by Crippen LogP contribution is 2.48. The van der Waals surface area contributed by atoms with Gasteiger partial charge in [-0.1, -0.05) is 18.2 Å². The van der Waals surface area contributed by atoms with Crippen LogP contribution in [0.1, 0.15) is 22.0 Å². The molecule has 4 N–H and O–H groups in total. The molecule has 2 heterocycles. The van der Waals surface area contributed by atoms with E-state index in [-0.39, 0.29) is 28.3 Å². The number of aromatic hydroxyl groups is 1. The van der Waals surface area contributed by atoms with Gasteiger partial charge in [-0.05, 0) is 24.3 Å². The van der Waals surface area contributed by atoms with Crippen molar-refractivity contribution in [3.63, 3.8) is 0 Å². The van der Waals surface area contributed by atoms with E-state index in [0.29, 0.717) is 0 Å². The molecule has 2 fully saturated rings. The third-order valence-electron chi connectivity index (χ3n) is 5.68. The number of phenolic OH excluding ortho intramolecular Hbond substituents is 1. The minimum Gasteiger partial charge on any atom is -0.504 e. The number of fused-ring (bicyclic) bond motifs is 1. The number of carbonyl (C=O) groups is 4. The van der Waals surface area contributed by atoms with E-state index in [2.05, 4.69) is 5.32 Å². The fourth-order valence-corrected chi connectivity index (χ4v) is 4.31. The number of aliphatic carboxylic acids is 1. The number of nitrogens with zero attached hydrogens (tertiary/aromatic N) is 1. The van der Waals surface area contributed by atoms with Gasteiger partial charge in [-0.2, -0.15) is 0 Å². The van der Waals surface area contributed by atoms with E-state index >= 15 is 0 Å². The van der Waals surface area contributed by atoms with Crippen LogP contribution < -0.4 is 15.0 Å². The molecule has 4 atom stereocenters. The smallest absolute Gasteiger partial charge is 0.335 e. The van der Waals surface area contributed by atoms with Crippen LogP contribution in [0.5, 0.6) is 11.5 Å². The Labute approximate surface area is 175 Å². The van der Waals surface area contributed by atoms with E-state index in [0.717, 1.165) is 4.90 Å². The van der Waals surface area contributed by atoms with Crippen LogP contribution in [0.4, 0.5) is 5.69 Å². The van der Waals surface area contributed by atoms with Crippen LogP contribution in [0, 0.1) is 11.8 Å². The van der Waals surface area contributed by atoms with Crippen molar-refractivity contribution in [1.29, 1.82) is 0 Å². The van der Waals surface area contributed by atoms with Crippen molar-refractivity contribution in [3.05, 3.63) is 53.6 Å². The number of phenols is 1. The number of amides is 2. The number of carbonyl (C=O) groups excluding carboxylic acids is 2. The summed E-state index contributed by atoms with van der Waals surface area (Å²) < 4.78 is 5.09. The van der Waals surface area contributed by atoms with Gasteiger partial charge in [0.1, 0.15) is 6.04 Å². The Hall–Kier alpha value is -3.92. The summed E-state index contributed by atoms with van der Waals surface area (Å²) in [6, 6.07) is 7.56. The number of anilines is 1. The van der Waals surface area contributed by atoms with Crippen molar-refractivity contribution in [3.8, 4) is 11.5 Å². The summed E-state index contributed by atoms with van der Waals surface area (Å²) in [5, 5.41) is 32.2. The largest absolute Gasteiger partial charge is 0.504 e. The van der Waals surface area contributed by atoms with Crippen LogP contribution in [-0.2, 0) is 14.4 Å². The zero-order valence-electron chi connectivity index (χ0n) is 16.2. The summed E-state index contributed by atoms with van der Waals surface area (Å²) in [6.07, 6.45) is 0. The van der Waals surface area contributed by atoms with Gasteiger partial charge in [0.05, 0.1) is 30.2 Å². The van der Waals surface area contributed by atoms with Crippen molar-refractivity contribution >= 4 is 29.4 Å². The van der Waals surface area contributed by atoms with Gasteiger partial charge in [0.15, 0.2) is 11.5 Å². The van der Waals surface area contributed by atoms with Crippen LogP contribution in [0.25, 0.3) is 0 Å². The molecule has 2 saturated heterocycles. The normalized spacial score (nSPS) is 24.9. The molecule has 2 aliphatic heterocycles. The molecule has 0 radical (unpaired) electrons. The molecule has 0 aromatic heterocycles. The zero-order chi connectivity index (χ0) is 22.4. The van der Waals surface area contributed by atoms with Crippen LogP contribution in [0.15, 0.2) is 42.5 Å². The third kappa shape index (κ3) is 3.08. The molecule has 10 nitrogen and oxygen atoms in total. The lowest BCUT2D eigenvalue weighted by molar-refractivity contribution is -0.142. The number of imide groups is 1. The van der Waals surface area contributed by atoms with Crippen molar-refractivity contribution < 1.29 is 39.2 Å². The Balaban J connectivity index is 1.80. The number of hydrogen-bond donors (Lipinski definition) is 4. The number of aromatic carboxylic acids is 1. The molecule has 160 valence electrons. The van der Waals surface area contributed by atoms with E-state index in [1.807, 2.05) is 0 Å². The molecule has 2 amide bonds. The molecule has 0 unspecified atom stereocenters. The number of carboxylic acids is 2. The summed E-state index contributed by atoms with van der Waals surface area (Å²) in [5.41, 5.74) is 0.146. The van der Waals surface area contributed by atoms with Crippen molar-refractivity contribution in [2.24, 2.45) is 11.8 Å². The topological polar surface area (TPSA) is 153 Å². The SMILES string of the molecule is COc1cccc([C@@H]2N[C@H](C(=O)O)[C@@H]3C(=O)N(c4cccc(C(=O)O)c4)C(=O)[C@@H]32)c1O. The quantitative estimate of drug-likeness (QED) is 0.513. The number of para-hydroxylation sites is 1. The molecular formula is C21H18N2O8. The molecular weight excluding hydrogens is 408 g/mol. The highest BCUT2D eigenvalue weighted by Gasteiger charge is 2.61. The van der Waals surface area contributed by atoms with E-state index in [4.69, 9.17) is 4.74 Å². The Kier molecular flexibility index (Phi) is 4.86. The maximum atomic E-state index is 13.3. The summed E-state index contributed by atoms with van der Waals surface area (Å²) in [6.45, 7) is 0. The second-order valence-corrected chi connectivity index (χ2v) is 7.28. The number of ether oxygens (including phenoxy) is 1. The first-order chi connectivity index (χ1) is 14.8. The number of hydrogen-bond acceptors (Lipinski definition) is 7. The van der Waals surface area contributed by atoms with Gasteiger partial charge in [0.25, 0.3) is 0 Å². The van der Waals surface area contributed by atoms with Gasteiger partial charge in [-0.25, -0.2) is 9.69 Å². The number of methoxy groups -OCH3 is 1. The first kappa shape index (κ1) is 20.4. The van der Waals surface area contributed by atoms with Crippen LogP contribution >= 0.6 is 0 Å². The van der Waals surface area contributed by atoms with Crippen LogP contribution in [0.3, 0.4) is 0 Å². The molecule has 4 rings (SSSR count). The highest BCUT2D eigenvalue weighted by molar-refractivity contribution is 6.24. The van der Waals surface area contributed by atoms with E-state index in [1.54, 1.807) is 6.07 Å². The fourth-order valence-electron chi connectivity index (χ4n) is 4.31. The number of carboxylic acid groups (broad SMARTS) is 2. The standard InChI is InChI=1S/C21H18N2O8/c1-31-12-7-3-6-11(17(12)24)15-13-14(16(22-15)21(29)30)19(26)23(18(13)25)10-5-2-4-9(8-10)20(27)28/h2-8,13-16,22,24H,1H3,(H,27,28)(H,29,30)/t13-,14+,15-,16-/m0/s1. The first-order valence-electron chi connectivity index (χ1n) is 9.32. The summed E-state index contributed by atoms with van der Waals surface area (Å²) in [5.74, 6) is -6.44. The van der Waals surface area contributed by atoms with Gasteiger partial charge >= 0.3 is 11.9 Å². The maximum absolute atomic E-state index is 13.3. The van der Waals surface area contributed by atoms with Gasteiger partial charge in [0, 0.05) is 11.6 Å². The van der Waals surface area contributed by atoms with Crippen LogP contribution in [0.2, 0.25) is 0 Å².